The lowest BCUT2D eigenvalue weighted by Crippen LogP contribution is -2.28. The molecule has 0 bridgehead atoms. The van der Waals surface area contributed by atoms with Crippen LogP contribution in [0.1, 0.15) is 6.42 Å². The Kier molecular flexibility index (Phi) is 5.95. The van der Waals surface area contributed by atoms with Crippen molar-refractivity contribution in [2.45, 2.75) is 11.3 Å². The first kappa shape index (κ1) is 18.8. The molecule has 1 heterocycles. The summed E-state index contributed by atoms with van der Waals surface area (Å²) in [5.74, 6) is -0.271. The molecule has 0 spiro atoms. The lowest BCUT2D eigenvalue weighted by molar-refractivity contribution is -0.116. The normalized spacial score (nSPS) is 11.1. The first-order valence-corrected chi connectivity index (χ1v) is 9.88. The number of pyridine rings is 1. The summed E-state index contributed by atoms with van der Waals surface area (Å²) in [5, 5.41) is 2.85. The van der Waals surface area contributed by atoms with Crippen LogP contribution in [-0.2, 0) is 14.8 Å². The molecular formula is C20H19N3O3S. The molecule has 0 aliphatic rings. The van der Waals surface area contributed by atoms with Crippen molar-refractivity contribution in [1.29, 1.82) is 0 Å². The zero-order chi connectivity index (χ0) is 19.1. The first-order chi connectivity index (χ1) is 13.1. The Bertz CT molecular complexity index is 1010. The van der Waals surface area contributed by atoms with Gasteiger partial charge in [-0.05, 0) is 23.8 Å². The van der Waals surface area contributed by atoms with E-state index >= 15 is 0 Å². The van der Waals surface area contributed by atoms with E-state index in [0.717, 1.165) is 11.1 Å². The van der Waals surface area contributed by atoms with Crippen molar-refractivity contribution in [2.75, 3.05) is 11.9 Å². The van der Waals surface area contributed by atoms with E-state index in [1.807, 2.05) is 54.6 Å². The SMILES string of the molecule is O=C(CCNS(=O)(=O)c1cccnc1)Nc1ccccc1-c1ccccc1. The van der Waals surface area contributed by atoms with E-state index in [2.05, 4.69) is 15.0 Å². The molecule has 138 valence electrons. The number of carbonyl (C=O) groups is 1. The number of nitrogens with zero attached hydrogens (tertiary/aromatic N) is 1. The van der Waals surface area contributed by atoms with Crippen LogP contribution in [0.2, 0.25) is 0 Å². The van der Waals surface area contributed by atoms with Gasteiger partial charge in [0.25, 0.3) is 0 Å². The second-order valence-electron chi connectivity index (χ2n) is 5.80. The molecule has 0 aliphatic heterocycles. The number of amides is 1. The predicted molar refractivity (Wildman–Crippen MR) is 105 cm³/mol. The lowest BCUT2D eigenvalue weighted by atomic mass is 10.0. The highest BCUT2D eigenvalue weighted by atomic mass is 32.2. The summed E-state index contributed by atoms with van der Waals surface area (Å²) in [6.45, 7) is -0.00341. The quantitative estimate of drug-likeness (QED) is 0.658. The molecule has 1 aromatic heterocycles. The highest BCUT2D eigenvalue weighted by Gasteiger charge is 2.14. The second kappa shape index (κ2) is 8.57. The highest BCUT2D eigenvalue weighted by Crippen LogP contribution is 2.27. The Balaban J connectivity index is 1.61. The van der Waals surface area contributed by atoms with Gasteiger partial charge >= 0.3 is 0 Å². The zero-order valence-electron chi connectivity index (χ0n) is 14.5. The predicted octanol–water partition coefficient (Wildman–Crippen LogP) is 3.06. The number of para-hydroxylation sites is 1. The van der Waals surface area contributed by atoms with Gasteiger partial charge in [0.1, 0.15) is 4.90 Å². The van der Waals surface area contributed by atoms with Gasteiger partial charge in [0.05, 0.1) is 0 Å². The topological polar surface area (TPSA) is 88.2 Å². The molecule has 3 aromatic rings. The average Bonchev–Trinajstić information content (AvgIpc) is 2.69. The minimum Gasteiger partial charge on any atom is -0.325 e. The lowest BCUT2D eigenvalue weighted by Gasteiger charge is -2.11. The van der Waals surface area contributed by atoms with Crippen LogP contribution in [0.5, 0.6) is 0 Å². The van der Waals surface area contributed by atoms with Crippen LogP contribution in [0.25, 0.3) is 11.1 Å². The molecule has 0 aliphatic carbocycles. The number of nitrogens with one attached hydrogen (secondary N) is 2. The van der Waals surface area contributed by atoms with Gasteiger partial charge in [-0.1, -0.05) is 48.5 Å². The summed E-state index contributed by atoms with van der Waals surface area (Å²) in [6.07, 6.45) is 2.78. The summed E-state index contributed by atoms with van der Waals surface area (Å²) >= 11 is 0. The van der Waals surface area contributed by atoms with Crippen molar-refractivity contribution in [1.82, 2.24) is 9.71 Å². The number of aromatic nitrogens is 1. The second-order valence-corrected chi connectivity index (χ2v) is 7.56. The molecule has 2 N–H and O–H groups in total. The molecule has 27 heavy (non-hydrogen) atoms. The van der Waals surface area contributed by atoms with E-state index in [-0.39, 0.29) is 23.8 Å². The van der Waals surface area contributed by atoms with Crippen molar-refractivity contribution in [2.24, 2.45) is 0 Å². The Labute approximate surface area is 158 Å². The Morgan fingerprint density at radius 3 is 2.41 bits per heavy atom. The molecule has 0 unspecified atom stereocenters. The van der Waals surface area contributed by atoms with E-state index in [9.17, 15) is 13.2 Å². The molecule has 0 saturated heterocycles. The van der Waals surface area contributed by atoms with Gasteiger partial charge in [0.15, 0.2) is 0 Å². The fraction of sp³-hybridized carbons (Fsp3) is 0.100. The molecule has 0 saturated carbocycles. The molecule has 7 heteroatoms. The third-order valence-corrected chi connectivity index (χ3v) is 5.32. The fourth-order valence-corrected chi connectivity index (χ4v) is 3.56. The largest absolute Gasteiger partial charge is 0.325 e. The van der Waals surface area contributed by atoms with Crippen LogP contribution in [0.3, 0.4) is 0 Å². The van der Waals surface area contributed by atoms with Gasteiger partial charge in [-0.2, -0.15) is 0 Å². The number of anilines is 1. The molecule has 3 rings (SSSR count). The molecule has 0 radical (unpaired) electrons. The number of carbonyl (C=O) groups excluding carboxylic acids is 1. The minimum absolute atomic E-state index is 0.00341. The average molecular weight is 381 g/mol. The van der Waals surface area contributed by atoms with E-state index in [4.69, 9.17) is 0 Å². The summed E-state index contributed by atoms with van der Waals surface area (Å²) in [6, 6.07) is 20.2. The van der Waals surface area contributed by atoms with Crippen LogP contribution in [-0.4, -0.2) is 25.9 Å². The monoisotopic (exact) mass is 381 g/mol. The van der Waals surface area contributed by atoms with Gasteiger partial charge in [-0.3, -0.25) is 9.78 Å². The fourth-order valence-electron chi connectivity index (χ4n) is 2.56. The standard InChI is InChI=1S/C20H19N3O3S/c24-20(12-14-22-27(25,26)17-9-6-13-21-15-17)23-19-11-5-4-10-18(19)16-7-2-1-3-8-16/h1-11,13,15,22H,12,14H2,(H,23,24). The van der Waals surface area contributed by atoms with E-state index < -0.39 is 10.0 Å². The molecular weight excluding hydrogens is 362 g/mol. The highest BCUT2D eigenvalue weighted by molar-refractivity contribution is 7.89. The summed E-state index contributed by atoms with van der Waals surface area (Å²) in [4.78, 5) is 16.1. The number of rotatable bonds is 7. The van der Waals surface area contributed by atoms with Crippen molar-refractivity contribution < 1.29 is 13.2 Å². The van der Waals surface area contributed by atoms with Gasteiger partial charge in [0.2, 0.25) is 15.9 Å². The first-order valence-electron chi connectivity index (χ1n) is 8.40. The van der Waals surface area contributed by atoms with Crippen LogP contribution >= 0.6 is 0 Å². The van der Waals surface area contributed by atoms with Gasteiger partial charge in [-0.15, -0.1) is 0 Å². The van der Waals surface area contributed by atoms with Crippen molar-refractivity contribution in [3.05, 3.63) is 79.1 Å². The maximum atomic E-state index is 12.3. The molecule has 0 fully saturated rings. The van der Waals surface area contributed by atoms with Crippen molar-refractivity contribution in [3.63, 3.8) is 0 Å². The summed E-state index contributed by atoms with van der Waals surface area (Å²) in [5.41, 5.74) is 2.58. The van der Waals surface area contributed by atoms with Gasteiger partial charge < -0.3 is 5.32 Å². The van der Waals surface area contributed by atoms with E-state index in [0.29, 0.717) is 5.69 Å². The zero-order valence-corrected chi connectivity index (χ0v) is 15.3. The third-order valence-electron chi connectivity index (χ3n) is 3.87. The molecule has 6 nitrogen and oxygen atoms in total. The van der Waals surface area contributed by atoms with Gasteiger partial charge in [0, 0.05) is 36.6 Å². The summed E-state index contributed by atoms with van der Waals surface area (Å²) in [7, 11) is -3.67. The van der Waals surface area contributed by atoms with Crippen LogP contribution < -0.4 is 10.0 Å². The smallest absolute Gasteiger partial charge is 0.242 e. The van der Waals surface area contributed by atoms with Crippen LogP contribution in [0, 0.1) is 0 Å². The maximum absolute atomic E-state index is 12.3. The van der Waals surface area contributed by atoms with Crippen LogP contribution in [0.4, 0.5) is 5.69 Å². The number of hydrogen-bond donors (Lipinski definition) is 2. The Hall–Kier alpha value is -3.03. The number of benzene rings is 2. The summed E-state index contributed by atoms with van der Waals surface area (Å²) < 4.78 is 26.7. The minimum atomic E-state index is -3.67. The van der Waals surface area contributed by atoms with Crippen molar-refractivity contribution >= 4 is 21.6 Å². The Morgan fingerprint density at radius 1 is 0.926 bits per heavy atom. The molecule has 0 atom stereocenters. The van der Waals surface area contributed by atoms with E-state index in [1.165, 1.54) is 18.5 Å². The maximum Gasteiger partial charge on any atom is 0.242 e. The van der Waals surface area contributed by atoms with Crippen molar-refractivity contribution in [3.8, 4) is 11.1 Å². The van der Waals surface area contributed by atoms with E-state index in [1.54, 1.807) is 6.07 Å². The third kappa shape index (κ3) is 4.99. The Morgan fingerprint density at radius 2 is 1.67 bits per heavy atom. The molecule has 2 aromatic carbocycles. The van der Waals surface area contributed by atoms with Crippen LogP contribution in [0.15, 0.2) is 84.0 Å². The van der Waals surface area contributed by atoms with Gasteiger partial charge in [-0.25, -0.2) is 13.1 Å². The number of hydrogen-bond acceptors (Lipinski definition) is 4. The number of sulfonamides is 1. The molecule has 1 amide bonds.